The highest BCUT2D eigenvalue weighted by molar-refractivity contribution is 6.06. The van der Waals surface area contributed by atoms with Gasteiger partial charge >= 0.3 is 5.97 Å². The van der Waals surface area contributed by atoms with Gasteiger partial charge in [0.05, 0.1) is 25.2 Å². The molecule has 1 heterocycles. The van der Waals surface area contributed by atoms with Crippen molar-refractivity contribution in [3.63, 3.8) is 0 Å². The van der Waals surface area contributed by atoms with Crippen molar-refractivity contribution in [1.29, 1.82) is 0 Å². The summed E-state index contributed by atoms with van der Waals surface area (Å²) in [6, 6.07) is 11.8. The van der Waals surface area contributed by atoms with Gasteiger partial charge < -0.3 is 9.47 Å². The highest BCUT2D eigenvalue weighted by Crippen LogP contribution is 2.17. The maximum Gasteiger partial charge on any atom is 0.357 e. The van der Waals surface area contributed by atoms with Crippen LogP contribution in [0.2, 0.25) is 0 Å². The van der Waals surface area contributed by atoms with Gasteiger partial charge in [0.1, 0.15) is 11.6 Å². The van der Waals surface area contributed by atoms with Crippen molar-refractivity contribution in [2.24, 2.45) is 0 Å². The quantitative estimate of drug-likeness (QED) is 0.640. The van der Waals surface area contributed by atoms with Crippen LogP contribution in [0.15, 0.2) is 61.1 Å². The van der Waals surface area contributed by atoms with Gasteiger partial charge in [0.2, 0.25) is 0 Å². The van der Waals surface area contributed by atoms with Crippen molar-refractivity contribution in [2.75, 3.05) is 13.7 Å². The molecule has 0 bridgehead atoms. The summed E-state index contributed by atoms with van der Waals surface area (Å²) in [5, 5.41) is 2.12. The summed E-state index contributed by atoms with van der Waals surface area (Å²) in [6.07, 6.45) is 2.61. The maximum absolute atomic E-state index is 13.1. The summed E-state index contributed by atoms with van der Waals surface area (Å²) in [5.41, 5.74) is 0.705. The van der Waals surface area contributed by atoms with Crippen LogP contribution in [0.1, 0.15) is 20.8 Å². The Labute approximate surface area is 164 Å². The van der Waals surface area contributed by atoms with Gasteiger partial charge in [-0.1, -0.05) is 12.1 Å². The number of ether oxygens (including phenoxy) is 2. The maximum atomic E-state index is 13.1. The normalized spacial score (nSPS) is 10.3. The van der Waals surface area contributed by atoms with Gasteiger partial charge in [-0.05, 0) is 36.4 Å². The number of esters is 1. The highest BCUT2D eigenvalue weighted by atomic mass is 19.1. The zero-order valence-corrected chi connectivity index (χ0v) is 15.3. The summed E-state index contributed by atoms with van der Waals surface area (Å²) in [5.74, 6) is -2.43. The van der Waals surface area contributed by atoms with Crippen molar-refractivity contribution in [1.82, 2.24) is 14.9 Å². The fourth-order valence-corrected chi connectivity index (χ4v) is 2.52. The first-order valence-electron chi connectivity index (χ1n) is 8.42. The largest absolute Gasteiger partial charge is 0.496 e. The number of nitrogens with zero attached hydrogens (tertiary/aromatic N) is 2. The van der Waals surface area contributed by atoms with Crippen LogP contribution in [0.4, 0.5) is 4.39 Å². The third-order valence-corrected chi connectivity index (χ3v) is 3.89. The number of carbonyl (C=O) groups excluding carboxylic acids is 3. The van der Waals surface area contributed by atoms with E-state index in [0.29, 0.717) is 11.4 Å². The number of hydrogen-bond acceptors (Lipinski definition) is 6. The second-order valence-electron chi connectivity index (χ2n) is 5.78. The molecule has 0 aliphatic heterocycles. The lowest BCUT2D eigenvalue weighted by atomic mass is 10.2. The van der Waals surface area contributed by atoms with E-state index in [9.17, 15) is 18.8 Å². The Morgan fingerprint density at radius 3 is 2.55 bits per heavy atom. The number of carbonyl (C=O) groups is 3. The number of para-hydroxylation sites is 1. The van der Waals surface area contributed by atoms with Gasteiger partial charge in [-0.2, -0.15) is 0 Å². The molecule has 2 aromatic carbocycles. The van der Waals surface area contributed by atoms with Gasteiger partial charge in [-0.3, -0.25) is 19.5 Å². The molecule has 3 rings (SSSR count). The topological polar surface area (TPSA) is 99.5 Å². The Hall–Kier alpha value is -4.01. The van der Waals surface area contributed by atoms with Crippen LogP contribution in [0, 0.1) is 5.82 Å². The molecule has 9 heteroatoms. The molecule has 0 saturated heterocycles. The number of rotatable bonds is 6. The van der Waals surface area contributed by atoms with Gasteiger partial charge in [0.15, 0.2) is 12.3 Å². The van der Waals surface area contributed by atoms with Crippen LogP contribution < -0.4 is 10.1 Å². The lowest BCUT2D eigenvalue weighted by Gasteiger charge is -2.10. The Kier molecular flexibility index (Phi) is 5.98. The molecule has 29 heavy (non-hydrogen) atoms. The molecule has 3 aromatic rings. The molecule has 148 valence electrons. The van der Waals surface area contributed by atoms with E-state index in [2.05, 4.69) is 10.3 Å². The lowest BCUT2D eigenvalue weighted by molar-refractivity contribution is -0.123. The molecule has 0 radical (unpaired) electrons. The third kappa shape index (κ3) is 4.64. The molecule has 0 unspecified atom stereocenters. The molecule has 2 amide bonds. The number of imide groups is 1. The first-order chi connectivity index (χ1) is 14.0. The van der Waals surface area contributed by atoms with Gasteiger partial charge in [-0.25, -0.2) is 14.2 Å². The molecular weight excluding hydrogens is 381 g/mol. The predicted molar refractivity (Wildman–Crippen MR) is 99.3 cm³/mol. The van der Waals surface area contributed by atoms with E-state index < -0.39 is 30.2 Å². The molecule has 0 aliphatic carbocycles. The second-order valence-corrected chi connectivity index (χ2v) is 5.78. The molecule has 8 nitrogen and oxygen atoms in total. The van der Waals surface area contributed by atoms with E-state index in [1.165, 1.54) is 54.5 Å². The molecule has 0 fully saturated rings. The molecule has 0 aliphatic rings. The summed E-state index contributed by atoms with van der Waals surface area (Å²) < 4.78 is 24.5. The first kappa shape index (κ1) is 19.7. The average Bonchev–Trinajstić information content (AvgIpc) is 3.22. The number of nitrogens with one attached hydrogen (secondary N) is 1. The summed E-state index contributed by atoms with van der Waals surface area (Å²) in [6.45, 7) is -0.672. The van der Waals surface area contributed by atoms with Gasteiger partial charge in [-0.15, -0.1) is 0 Å². The van der Waals surface area contributed by atoms with Crippen LogP contribution >= 0.6 is 0 Å². The summed E-state index contributed by atoms with van der Waals surface area (Å²) in [4.78, 5) is 40.3. The Bertz CT molecular complexity index is 1050. The van der Waals surface area contributed by atoms with Crippen molar-refractivity contribution < 1.29 is 28.2 Å². The van der Waals surface area contributed by atoms with Crippen LogP contribution in [0.3, 0.4) is 0 Å². The minimum atomic E-state index is -0.827. The van der Waals surface area contributed by atoms with E-state index in [4.69, 9.17) is 9.47 Å². The van der Waals surface area contributed by atoms with Gasteiger partial charge in [0.25, 0.3) is 11.8 Å². The number of imidazole rings is 1. The average molecular weight is 397 g/mol. The van der Waals surface area contributed by atoms with Crippen molar-refractivity contribution in [2.45, 2.75) is 0 Å². The van der Waals surface area contributed by atoms with Crippen LogP contribution in [0.5, 0.6) is 5.75 Å². The van der Waals surface area contributed by atoms with E-state index in [1.54, 1.807) is 18.2 Å². The lowest BCUT2D eigenvalue weighted by Crippen LogP contribution is -2.34. The van der Waals surface area contributed by atoms with Crippen LogP contribution in [-0.2, 0) is 9.53 Å². The molecule has 0 atom stereocenters. The molecule has 1 N–H and O–H groups in total. The number of amides is 2. The van der Waals surface area contributed by atoms with Gasteiger partial charge in [0, 0.05) is 5.69 Å². The third-order valence-electron chi connectivity index (χ3n) is 3.89. The SMILES string of the molecule is COc1ccccc1C(=O)NC(=O)COC(=O)c1cncn1-c1ccc(F)cc1. The smallest absolute Gasteiger partial charge is 0.357 e. The summed E-state index contributed by atoms with van der Waals surface area (Å²) >= 11 is 0. The number of aromatic nitrogens is 2. The van der Waals surface area contributed by atoms with Crippen molar-refractivity contribution in [3.8, 4) is 11.4 Å². The number of methoxy groups -OCH3 is 1. The molecule has 1 aromatic heterocycles. The zero-order valence-electron chi connectivity index (χ0n) is 15.3. The van der Waals surface area contributed by atoms with Crippen molar-refractivity contribution >= 4 is 17.8 Å². The first-order valence-corrected chi connectivity index (χ1v) is 8.42. The van der Waals surface area contributed by atoms with E-state index in [1.807, 2.05) is 0 Å². The monoisotopic (exact) mass is 397 g/mol. The Balaban J connectivity index is 1.61. The Morgan fingerprint density at radius 2 is 1.83 bits per heavy atom. The minimum Gasteiger partial charge on any atom is -0.496 e. The highest BCUT2D eigenvalue weighted by Gasteiger charge is 2.19. The standard InChI is InChI=1S/C20H16FN3O5/c1-28-17-5-3-2-4-15(17)19(26)23-18(25)11-29-20(27)16-10-22-12-24(16)14-8-6-13(21)7-9-14/h2-10,12H,11H2,1H3,(H,23,25,26). The number of hydrogen-bond donors (Lipinski definition) is 1. The van der Waals surface area contributed by atoms with Crippen molar-refractivity contribution in [3.05, 3.63) is 78.1 Å². The second kappa shape index (κ2) is 8.79. The van der Waals surface area contributed by atoms with Crippen LogP contribution in [0.25, 0.3) is 5.69 Å². The van der Waals surface area contributed by atoms with E-state index in [0.717, 1.165) is 0 Å². The summed E-state index contributed by atoms with van der Waals surface area (Å²) in [7, 11) is 1.40. The predicted octanol–water partition coefficient (Wildman–Crippen LogP) is 2.13. The molecule has 0 spiro atoms. The molecular formula is C20H16FN3O5. The Morgan fingerprint density at radius 1 is 1.10 bits per heavy atom. The zero-order chi connectivity index (χ0) is 20.8. The molecule has 0 saturated carbocycles. The fraction of sp³-hybridized carbons (Fsp3) is 0.100. The number of benzene rings is 2. The number of halogens is 1. The van der Waals surface area contributed by atoms with E-state index in [-0.39, 0.29) is 11.3 Å². The minimum absolute atomic E-state index is 0.0421. The van der Waals surface area contributed by atoms with Crippen LogP contribution in [-0.4, -0.2) is 41.1 Å². The fourth-order valence-electron chi connectivity index (χ4n) is 2.52. The van der Waals surface area contributed by atoms with E-state index >= 15 is 0 Å².